The lowest BCUT2D eigenvalue weighted by atomic mass is 9.99. The summed E-state index contributed by atoms with van der Waals surface area (Å²) in [6.07, 6.45) is 0. The second kappa shape index (κ2) is 3.42. The van der Waals surface area contributed by atoms with E-state index in [0.717, 1.165) is 3.57 Å². The van der Waals surface area contributed by atoms with Crippen LogP contribution in [-0.4, -0.2) is 0 Å². The van der Waals surface area contributed by atoms with Crippen molar-refractivity contribution in [1.29, 1.82) is 5.53 Å². The van der Waals surface area contributed by atoms with Crippen molar-refractivity contribution >= 4 is 19.9 Å². The molecule has 2 rings (SSSR count). The number of rotatable bonds is 0. The number of nitrogens with one attached hydrogen (secondary N) is 1. The normalized spacial score (nSPS) is 18.7. The third kappa shape index (κ3) is 1.47. The highest BCUT2D eigenvalue weighted by atomic mass is 127. The summed E-state index contributed by atoms with van der Waals surface area (Å²) in [7, 11) is 0. The summed E-state index contributed by atoms with van der Waals surface area (Å²) in [5.41, 5.74) is 7.68. The molecule has 0 saturated heterocycles. The Kier molecular flexibility index (Phi) is 2.38. The highest BCUT2D eigenvalue weighted by molar-refractivity contribution is 14.2. The Morgan fingerprint density at radius 2 is 2.14 bits per heavy atom. The molecule has 0 radical (unpaired) electrons. The molecule has 1 aliphatic heterocycles. The van der Waals surface area contributed by atoms with Crippen molar-refractivity contribution in [3.05, 3.63) is 36.5 Å². The largest absolute Gasteiger partial charge is 0.331 e. The van der Waals surface area contributed by atoms with Gasteiger partial charge in [0.25, 0.3) is 0 Å². The van der Waals surface area contributed by atoms with Crippen LogP contribution in [0.15, 0.2) is 29.5 Å². The highest BCUT2D eigenvalue weighted by Gasteiger charge is 2.37. The molecule has 4 nitrogen and oxygen atoms in total. The third-order valence-electron chi connectivity index (χ3n) is 2.07. The molecule has 0 spiro atoms. The molecule has 0 fully saturated rings. The first-order chi connectivity index (χ1) is 6.65. The molecule has 1 N–H and O–H groups in total. The van der Waals surface area contributed by atoms with E-state index in [1.165, 1.54) is 5.56 Å². The fourth-order valence-electron chi connectivity index (χ4n) is 1.45. The lowest BCUT2D eigenvalue weighted by molar-refractivity contribution is 0.181. The standard InChI is InChI=1S/C9H11IN3O/c1-9(2)7-5-3-4-6-8(7)10(14-9)12-13-11/h3-6,11H,1-2H3/q+1. The average Bonchev–Trinajstić information content (AvgIpc) is 2.41. The van der Waals surface area contributed by atoms with Crippen molar-refractivity contribution < 1.29 is 3.07 Å². The molecule has 1 aliphatic rings. The van der Waals surface area contributed by atoms with Crippen molar-refractivity contribution in [3.8, 4) is 0 Å². The Bertz CT molecular complexity index is 470. The fraction of sp³-hybridized carbons (Fsp3) is 0.333. The van der Waals surface area contributed by atoms with Crippen LogP contribution in [0.1, 0.15) is 19.4 Å². The van der Waals surface area contributed by atoms with Gasteiger partial charge in [-0.2, -0.15) is 0 Å². The van der Waals surface area contributed by atoms with Crippen LogP contribution in [0.25, 0.3) is 3.07 Å². The van der Waals surface area contributed by atoms with E-state index in [1.807, 2.05) is 32.0 Å². The van der Waals surface area contributed by atoms with Gasteiger partial charge in [0.2, 0.25) is 5.22 Å². The van der Waals surface area contributed by atoms with Gasteiger partial charge in [0, 0.05) is 11.1 Å². The third-order valence-corrected chi connectivity index (χ3v) is 6.13. The van der Waals surface area contributed by atoms with Crippen LogP contribution >= 0.6 is 19.9 Å². The molecule has 0 saturated carbocycles. The first-order valence-electron chi connectivity index (χ1n) is 4.22. The van der Waals surface area contributed by atoms with Crippen LogP contribution in [0.4, 0.5) is 0 Å². The van der Waals surface area contributed by atoms with Crippen molar-refractivity contribution in [3.63, 3.8) is 0 Å². The quantitative estimate of drug-likeness (QED) is 0.442. The van der Waals surface area contributed by atoms with E-state index in [4.69, 9.17) is 8.60 Å². The summed E-state index contributed by atoms with van der Waals surface area (Å²) >= 11 is -2.01. The van der Waals surface area contributed by atoms with Crippen LogP contribution in [-0.2, 0) is 8.67 Å². The summed E-state index contributed by atoms with van der Waals surface area (Å²) in [5.74, 6) is 0. The van der Waals surface area contributed by atoms with E-state index in [9.17, 15) is 0 Å². The molecule has 0 atom stereocenters. The van der Waals surface area contributed by atoms with Crippen LogP contribution in [0, 0.1) is 9.10 Å². The first-order valence-corrected chi connectivity index (χ1v) is 7.14. The van der Waals surface area contributed by atoms with Crippen LogP contribution < -0.4 is 0 Å². The zero-order valence-corrected chi connectivity index (χ0v) is 10.1. The maximum atomic E-state index is 6.76. The van der Waals surface area contributed by atoms with Crippen molar-refractivity contribution in [2.75, 3.05) is 0 Å². The van der Waals surface area contributed by atoms with Gasteiger partial charge >= 0.3 is 19.9 Å². The molecule has 0 aromatic heterocycles. The topological polar surface area (TPSA) is 49.8 Å². The Morgan fingerprint density at radius 3 is 2.86 bits per heavy atom. The van der Waals surface area contributed by atoms with Crippen LogP contribution in [0.2, 0.25) is 0 Å². The number of fused-ring (bicyclic) bond motifs is 1. The Labute approximate surface area is 89.6 Å². The maximum Gasteiger partial charge on any atom is 0.331 e. The zero-order chi connectivity index (χ0) is 10.2. The van der Waals surface area contributed by atoms with Gasteiger partial charge < -0.3 is 0 Å². The predicted molar refractivity (Wildman–Crippen MR) is 61.8 cm³/mol. The minimum absolute atomic E-state index is 0.268. The monoisotopic (exact) mass is 304 g/mol. The van der Waals surface area contributed by atoms with Crippen molar-refractivity contribution in [1.82, 2.24) is 0 Å². The molecule has 1 aromatic carbocycles. The molecular formula is C9H11IN3O+. The molecule has 14 heavy (non-hydrogen) atoms. The van der Waals surface area contributed by atoms with Crippen LogP contribution in [0.3, 0.4) is 0 Å². The second-order valence-corrected chi connectivity index (χ2v) is 6.82. The Balaban J connectivity index is 2.66. The molecule has 5 heteroatoms. The van der Waals surface area contributed by atoms with E-state index in [2.05, 4.69) is 14.4 Å². The van der Waals surface area contributed by atoms with Gasteiger partial charge in [0.1, 0.15) is 5.60 Å². The molecule has 0 amide bonds. The molecule has 1 heterocycles. The molecular weight excluding hydrogens is 293 g/mol. The molecule has 0 bridgehead atoms. The average molecular weight is 304 g/mol. The summed E-state index contributed by atoms with van der Waals surface area (Å²) in [6, 6.07) is 8.07. The van der Waals surface area contributed by atoms with Gasteiger partial charge in [-0.25, -0.2) is 0 Å². The summed E-state index contributed by atoms with van der Waals surface area (Å²) in [6.45, 7) is 4.06. The second-order valence-electron chi connectivity index (χ2n) is 3.47. The Morgan fingerprint density at radius 1 is 1.43 bits per heavy atom. The number of hydrogen-bond acceptors (Lipinski definition) is 3. The minimum atomic E-state index is -2.01. The van der Waals surface area contributed by atoms with E-state index in [-0.39, 0.29) is 5.60 Å². The van der Waals surface area contributed by atoms with Gasteiger partial charge in [0.05, 0.1) is 3.57 Å². The molecule has 0 aliphatic carbocycles. The lowest BCUT2D eigenvalue weighted by Crippen LogP contribution is -2.13. The number of nitrogens with zero attached hydrogens (tertiary/aromatic N) is 2. The van der Waals surface area contributed by atoms with Crippen molar-refractivity contribution in [2.24, 2.45) is 5.22 Å². The fourth-order valence-corrected chi connectivity index (χ4v) is 5.32. The van der Waals surface area contributed by atoms with Gasteiger partial charge in [-0.15, -0.1) is 0 Å². The van der Waals surface area contributed by atoms with Gasteiger partial charge in [-0.3, -0.25) is 3.07 Å². The van der Waals surface area contributed by atoms with Crippen molar-refractivity contribution in [2.45, 2.75) is 19.4 Å². The van der Waals surface area contributed by atoms with Gasteiger partial charge in [0.15, 0.2) is 0 Å². The zero-order valence-electron chi connectivity index (χ0n) is 7.99. The highest BCUT2D eigenvalue weighted by Crippen LogP contribution is 2.51. The van der Waals surface area contributed by atoms with E-state index >= 15 is 0 Å². The summed E-state index contributed by atoms with van der Waals surface area (Å²) < 4.78 is 10.9. The van der Waals surface area contributed by atoms with Crippen LogP contribution in [0.5, 0.6) is 0 Å². The first kappa shape index (κ1) is 9.76. The number of benzene rings is 1. The maximum absolute atomic E-state index is 6.76. The smallest absolute Gasteiger partial charge is 0.273 e. The number of hydrogen-bond donors (Lipinski definition) is 1. The van der Waals surface area contributed by atoms with Gasteiger partial charge in [-0.05, 0) is 23.0 Å². The summed E-state index contributed by atoms with van der Waals surface area (Å²) in [5, 5.41) is 3.10. The predicted octanol–water partition coefficient (Wildman–Crippen LogP) is 3.78. The molecule has 1 aromatic rings. The van der Waals surface area contributed by atoms with E-state index < -0.39 is 19.9 Å². The van der Waals surface area contributed by atoms with Gasteiger partial charge in [-0.1, -0.05) is 18.2 Å². The SMILES string of the molecule is CC1(C)OI(#[N+]N=N)c2ccccc21. The van der Waals surface area contributed by atoms with E-state index in [1.54, 1.807) is 0 Å². The molecule has 74 valence electrons. The summed E-state index contributed by atoms with van der Waals surface area (Å²) in [4.78, 5) is 0. The van der Waals surface area contributed by atoms with E-state index in [0.29, 0.717) is 0 Å². The lowest BCUT2D eigenvalue weighted by Gasteiger charge is -2.14. The minimum Gasteiger partial charge on any atom is -0.273 e. The Hall–Kier alpha value is -0.780. The molecule has 0 unspecified atom stereocenters. The number of halogens is 1.